The van der Waals surface area contributed by atoms with Gasteiger partial charge in [-0.25, -0.2) is 9.78 Å². The predicted molar refractivity (Wildman–Crippen MR) is 112 cm³/mol. The minimum Gasteiger partial charge on any atom is -0.486 e. The van der Waals surface area contributed by atoms with Crippen LogP contribution in [0, 0.1) is 6.92 Å². The number of thiazole rings is 1. The van der Waals surface area contributed by atoms with Crippen LogP contribution in [0.5, 0.6) is 11.5 Å². The number of thioether (sulfide) groups is 1. The zero-order valence-corrected chi connectivity index (χ0v) is 18.3. The van der Waals surface area contributed by atoms with Gasteiger partial charge >= 0.3 is 5.97 Å². The fourth-order valence-corrected chi connectivity index (χ4v) is 4.28. The van der Waals surface area contributed by atoms with Gasteiger partial charge in [-0.15, -0.1) is 5.10 Å². The van der Waals surface area contributed by atoms with Gasteiger partial charge < -0.3 is 19.5 Å². The lowest BCUT2D eigenvalue weighted by molar-refractivity contribution is -0.113. The summed E-state index contributed by atoms with van der Waals surface area (Å²) < 4.78 is 17.6. The third-order valence-electron chi connectivity index (χ3n) is 4.05. The molecular formula is C18H18N6O5S2. The summed E-state index contributed by atoms with van der Waals surface area (Å²) in [5.41, 5.74) is 1.20. The molecule has 1 N–H and O–H groups in total. The third-order valence-corrected chi connectivity index (χ3v) is 6.02. The smallest absolute Gasteiger partial charge is 0.350 e. The summed E-state index contributed by atoms with van der Waals surface area (Å²) in [5.74, 6) is 0.581. The Balaban J connectivity index is 1.40. The number of aromatic nitrogens is 5. The first-order chi connectivity index (χ1) is 15.0. The Labute approximate surface area is 185 Å². The zero-order valence-electron chi connectivity index (χ0n) is 16.7. The molecule has 0 unspecified atom stereocenters. The normalized spacial score (nSPS) is 12.5. The number of rotatable bonds is 7. The molecule has 4 rings (SSSR count). The number of tetrazole rings is 1. The first-order valence-electron chi connectivity index (χ1n) is 9.30. The summed E-state index contributed by atoms with van der Waals surface area (Å²) in [6.07, 6.45) is 0. The number of hydrogen-bond donors (Lipinski definition) is 1. The van der Waals surface area contributed by atoms with Crippen LogP contribution in [0.25, 0.3) is 5.69 Å². The Bertz CT molecular complexity index is 1110. The minimum atomic E-state index is -0.453. The first-order valence-corrected chi connectivity index (χ1v) is 11.1. The maximum atomic E-state index is 12.4. The molecule has 1 aromatic carbocycles. The Morgan fingerprint density at radius 3 is 2.90 bits per heavy atom. The molecule has 13 heteroatoms. The number of carbonyl (C=O) groups is 2. The summed E-state index contributed by atoms with van der Waals surface area (Å²) in [6.45, 7) is 4.67. The van der Waals surface area contributed by atoms with Crippen LogP contribution >= 0.6 is 23.1 Å². The van der Waals surface area contributed by atoms with Crippen LogP contribution in [0.1, 0.15) is 22.3 Å². The van der Waals surface area contributed by atoms with E-state index in [4.69, 9.17) is 14.2 Å². The van der Waals surface area contributed by atoms with Crippen LogP contribution in [-0.4, -0.2) is 62.6 Å². The van der Waals surface area contributed by atoms with Gasteiger partial charge in [0, 0.05) is 6.07 Å². The summed E-state index contributed by atoms with van der Waals surface area (Å²) in [7, 11) is 0. The second-order valence-corrected chi connectivity index (χ2v) is 8.13. The van der Waals surface area contributed by atoms with Crippen molar-refractivity contribution in [2.45, 2.75) is 19.0 Å². The Morgan fingerprint density at radius 1 is 1.29 bits per heavy atom. The predicted octanol–water partition coefficient (Wildman–Crippen LogP) is 2.11. The lowest BCUT2D eigenvalue weighted by Gasteiger charge is -2.18. The SMILES string of the molecule is CCOC(=O)c1sc(NC(=O)CSc2nnnn2-c2ccc3c(c2)OCCO3)nc1C. The lowest BCUT2D eigenvalue weighted by atomic mass is 10.2. The topological polar surface area (TPSA) is 130 Å². The van der Waals surface area contributed by atoms with Crippen molar-refractivity contribution in [1.82, 2.24) is 25.2 Å². The van der Waals surface area contributed by atoms with Crippen molar-refractivity contribution in [3.05, 3.63) is 28.8 Å². The number of ether oxygens (including phenoxy) is 3. The number of hydrogen-bond acceptors (Lipinski definition) is 11. The van der Waals surface area contributed by atoms with Crippen molar-refractivity contribution < 1.29 is 23.8 Å². The molecule has 0 spiro atoms. The van der Waals surface area contributed by atoms with Gasteiger partial charge in [0.25, 0.3) is 0 Å². The number of amides is 1. The number of nitrogens with one attached hydrogen (secondary N) is 1. The second-order valence-electron chi connectivity index (χ2n) is 6.19. The maximum absolute atomic E-state index is 12.4. The van der Waals surface area contributed by atoms with Crippen molar-refractivity contribution in [3.8, 4) is 17.2 Å². The third kappa shape index (κ3) is 4.77. The summed E-state index contributed by atoms with van der Waals surface area (Å²) in [4.78, 5) is 28.8. The Morgan fingerprint density at radius 2 is 2.10 bits per heavy atom. The number of esters is 1. The Kier molecular flexibility index (Phi) is 6.32. The summed E-state index contributed by atoms with van der Waals surface area (Å²) in [6, 6.07) is 5.38. The van der Waals surface area contributed by atoms with E-state index in [1.807, 2.05) is 6.07 Å². The zero-order chi connectivity index (χ0) is 21.8. The van der Waals surface area contributed by atoms with Crippen LogP contribution in [-0.2, 0) is 9.53 Å². The van der Waals surface area contributed by atoms with Crippen molar-refractivity contribution in [2.24, 2.45) is 0 Å². The largest absolute Gasteiger partial charge is 0.486 e. The van der Waals surface area contributed by atoms with Crippen molar-refractivity contribution in [2.75, 3.05) is 30.9 Å². The highest BCUT2D eigenvalue weighted by atomic mass is 32.2. The van der Waals surface area contributed by atoms with Gasteiger partial charge in [0.15, 0.2) is 16.6 Å². The van der Waals surface area contributed by atoms with E-state index in [1.54, 1.807) is 26.0 Å². The number of aryl methyl sites for hydroxylation is 1. The van der Waals surface area contributed by atoms with E-state index in [0.29, 0.717) is 51.3 Å². The van der Waals surface area contributed by atoms with Gasteiger partial charge in [-0.3, -0.25) is 4.79 Å². The molecule has 1 aliphatic heterocycles. The number of anilines is 1. The first kappa shape index (κ1) is 21.1. The molecule has 0 radical (unpaired) electrons. The monoisotopic (exact) mass is 462 g/mol. The molecule has 0 saturated heterocycles. The molecule has 0 fully saturated rings. The average Bonchev–Trinajstić information content (AvgIpc) is 3.38. The Hall–Kier alpha value is -3.19. The molecular weight excluding hydrogens is 444 g/mol. The minimum absolute atomic E-state index is 0.0539. The molecule has 2 aromatic heterocycles. The molecule has 162 valence electrons. The van der Waals surface area contributed by atoms with Gasteiger partial charge in [-0.1, -0.05) is 23.1 Å². The quantitative estimate of drug-likeness (QED) is 0.411. The van der Waals surface area contributed by atoms with Gasteiger partial charge in [0.1, 0.15) is 18.1 Å². The standard InChI is InChI=1S/C18H18N6O5S2/c1-3-27-16(26)15-10(2)19-17(31-15)20-14(25)9-30-18-21-22-23-24(18)11-4-5-12-13(8-11)29-7-6-28-12/h4-5,8H,3,6-7,9H2,1-2H3,(H,19,20,25). The molecule has 0 aliphatic carbocycles. The van der Waals surface area contributed by atoms with Crippen molar-refractivity contribution in [1.29, 1.82) is 0 Å². The molecule has 3 heterocycles. The second kappa shape index (κ2) is 9.31. The van der Waals surface area contributed by atoms with Crippen LogP contribution < -0.4 is 14.8 Å². The van der Waals surface area contributed by atoms with Crippen LogP contribution in [0.2, 0.25) is 0 Å². The van der Waals surface area contributed by atoms with Crippen molar-refractivity contribution in [3.63, 3.8) is 0 Å². The van der Waals surface area contributed by atoms with E-state index >= 15 is 0 Å². The fraction of sp³-hybridized carbons (Fsp3) is 0.333. The highest BCUT2D eigenvalue weighted by molar-refractivity contribution is 7.99. The number of nitrogens with zero attached hydrogens (tertiary/aromatic N) is 5. The van der Waals surface area contributed by atoms with E-state index in [1.165, 1.54) is 16.4 Å². The molecule has 1 aliphatic rings. The molecule has 3 aromatic rings. The average molecular weight is 463 g/mol. The van der Waals surface area contributed by atoms with E-state index in [-0.39, 0.29) is 18.3 Å². The van der Waals surface area contributed by atoms with E-state index in [2.05, 4.69) is 25.8 Å². The highest BCUT2D eigenvalue weighted by Gasteiger charge is 2.19. The van der Waals surface area contributed by atoms with Crippen LogP contribution in [0.15, 0.2) is 23.4 Å². The summed E-state index contributed by atoms with van der Waals surface area (Å²) >= 11 is 2.24. The summed E-state index contributed by atoms with van der Waals surface area (Å²) in [5, 5.41) is 15.1. The van der Waals surface area contributed by atoms with Gasteiger partial charge in [-0.05, 0) is 36.4 Å². The molecule has 1 amide bonds. The van der Waals surface area contributed by atoms with E-state index in [9.17, 15) is 9.59 Å². The molecule has 0 saturated carbocycles. The number of fused-ring (bicyclic) bond motifs is 1. The van der Waals surface area contributed by atoms with Crippen molar-refractivity contribution >= 4 is 40.1 Å². The molecule has 0 atom stereocenters. The van der Waals surface area contributed by atoms with E-state index in [0.717, 1.165) is 11.3 Å². The van der Waals surface area contributed by atoms with Crippen LogP contribution in [0.4, 0.5) is 5.13 Å². The maximum Gasteiger partial charge on any atom is 0.350 e. The van der Waals surface area contributed by atoms with Gasteiger partial charge in [0.05, 0.1) is 23.7 Å². The fourth-order valence-electron chi connectivity index (χ4n) is 2.72. The van der Waals surface area contributed by atoms with E-state index < -0.39 is 5.97 Å². The molecule has 31 heavy (non-hydrogen) atoms. The lowest BCUT2D eigenvalue weighted by Crippen LogP contribution is -2.16. The van der Waals surface area contributed by atoms with Gasteiger partial charge in [-0.2, -0.15) is 4.68 Å². The number of carbonyl (C=O) groups excluding carboxylic acids is 2. The molecule has 11 nitrogen and oxygen atoms in total. The number of benzene rings is 1. The molecule has 0 bridgehead atoms. The van der Waals surface area contributed by atoms with Crippen LogP contribution in [0.3, 0.4) is 0 Å². The van der Waals surface area contributed by atoms with Gasteiger partial charge in [0.2, 0.25) is 11.1 Å². The highest BCUT2D eigenvalue weighted by Crippen LogP contribution is 2.32.